The van der Waals surface area contributed by atoms with E-state index in [9.17, 15) is 9.90 Å². The number of phenols is 1. The zero-order valence-corrected chi connectivity index (χ0v) is 11.0. The molecule has 3 nitrogen and oxygen atoms in total. The fourth-order valence-electron chi connectivity index (χ4n) is 0.810. The Morgan fingerprint density at radius 2 is 2.08 bits per heavy atom. The number of hydrogen-bond acceptors (Lipinski definition) is 3. The number of hydrogen-bond donors (Lipinski definition) is 1. The van der Waals surface area contributed by atoms with Crippen molar-refractivity contribution in [1.29, 1.82) is 0 Å². The summed E-state index contributed by atoms with van der Waals surface area (Å²) in [4.78, 5) is 11.1. The van der Waals surface area contributed by atoms with E-state index in [1.165, 1.54) is 13.2 Å². The fraction of sp³-hybridized carbons (Fsp3) is 0.125. The van der Waals surface area contributed by atoms with Gasteiger partial charge in [0.2, 0.25) is 0 Å². The first-order valence-corrected chi connectivity index (χ1v) is 5.48. The van der Waals surface area contributed by atoms with Crippen molar-refractivity contribution < 1.29 is 14.6 Å². The molecule has 5 heteroatoms. The summed E-state index contributed by atoms with van der Waals surface area (Å²) in [6.07, 6.45) is 0. The molecular formula is C8H6I2O3. The van der Waals surface area contributed by atoms with Crippen LogP contribution in [-0.4, -0.2) is 18.2 Å². The van der Waals surface area contributed by atoms with Crippen LogP contribution in [-0.2, 0) is 4.74 Å². The van der Waals surface area contributed by atoms with Gasteiger partial charge in [0, 0.05) is 3.57 Å². The van der Waals surface area contributed by atoms with Gasteiger partial charge in [-0.25, -0.2) is 4.79 Å². The molecule has 0 spiro atoms. The van der Waals surface area contributed by atoms with E-state index >= 15 is 0 Å². The summed E-state index contributed by atoms with van der Waals surface area (Å²) in [6, 6.07) is 3.07. The third-order valence-corrected chi connectivity index (χ3v) is 4.45. The van der Waals surface area contributed by atoms with Gasteiger partial charge in [-0.15, -0.1) is 0 Å². The zero-order valence-electron chi connectivity index (χ0n) is 6.67. The van der Waals surface area contributed by atoms with Gasteiger partial charge in [0.15, 0.2) is 0 Å². The molecule has 1 N–H and O–H groups in total. The molecule has 70 valence electrons. The first-order valence-electron chi connectivity index (χ1n) is 3.32. The second-order valence-electron chi connectivity index (χ2n) is 2.28. The van der Waals surface area contributed by atoms with Crippen LogP contribution >= 0.6 is 45.2 Å². The van der Waals surface area contributed by atoms with Crippen molar-refractivity contribution in [1.82, 2.24) is 0 Å². The first kappa shape index (κ1) is 11.0. The molecule has 0 fully saturated rings. The van der Waals surface area contributed by atoms with Crippen LogP contribution in [0.15, 0.2) is 12.1 Å². The van der Waals surface area contributed by atoms with Gasteiger partial charge < -0.3 is 9.84 Å². The number of aromatic hydroxyl groups is 1. The minimum absolute atomic E-state index is 0.105. The number of carbonyl (C=O) groups excluding carboxylic acids is 1. The van der Waals surface area contributed by atoms with E-state index in [0.717, 1.165) is 7.14 Å². The maximum absolute atomic E-state index is 11.1. The van der Waals surface area contributed by atoms with Gasteiger partial charge >= 0.3 is 5.97 Å². The quantitative estimate of drug-likeness (QED) is 0.578. The van der Waals surface area contributed by atoms with E-state index in [-0.39, 0.29) is 5.75 Å². The van der Waals surface area contributed by atoms with E-state index in [2.05, 4.69) is 4.74 Å². The van der Waals surface area contributed by atoms with Crippen LogP contribution in [0.3, 0.4) is 0 Å². The molecule has 0 heterocycles. The standard InChI is InChI=1S/C8H6I2O3/c1-13-8(12)4-2-5(9)7(10)6(11)3-4/h2-3,11H,1H3. The molecule has 1 rings (SSSR count). The number of phenolic OH excluding ortho intramolecular Hbond substituents is 1. The monoisotopic (exact) mass is 404 g/mol. The Morgan fingerprint density at radius 3 is 2.54 bits per heavy atom. The second kappa shape index (κ2) is 4.45. The smallest absolute Gasteiger partial charge is 0.338 e. The predicted octanol–water partition coefficient (Wildman–Crippen LogP) is 2.39. The molecule has 1 aromatic rings. The van der Waals surface area contributed by atoms with Crippen LogP contribution in [0.2, 0.25) is 0 Å². The van der Waals surface area contributed by atoms with Crippen molar-refractivity contribution in [3.63, 3.8) is 0 Å². The zero-order chi connectivity index (χ0) is 10.0. The highest BCUT2D eigenvalue weighted by atomic mass is 127. The van der Waals surface area contributed by atoms with E-state index in [1.807, 2.05) is 45.2 Å². The van der Waals surface area contributed by atoms with E-state index in [1.54, 1.807) is 6.07 Å². The molecule has 0 atom stereocenters. The Kier molecular flexibility index (Phi) is 3.77. The van der Waals surface area contributed by atoms with Crippen LogP contribution in [0.4, 0.5) is 0 Å². The Bertz CT molecular complexity index is 326. The van der Waals surface area contributed by atoms with Crippen molar-refractivity contribution in [2.75, 3.05) is 7.11 Å². The second-order valence-corrected chi connectivity index (χ2v) is 4.52. The number of rotatable bonds is 1. The van der Waals surface area contributed by atoms with E-state index < -0.39 is 5.97 Å². The summed E-state index contributed by atoms with van der Waals surface area (Å²) in [5.41, 5.74) is 0.366. The molecule has 0 aliphatic carbocycles. The summed E-state index contributed by atoms with van der Waals surface area (Å²) in [5.74, 6) is -0.336. The SMILES string of the molecule is COC(=O)c1cc(O)c(I)c(I)c1. The maximum atomic E-state index is 11.1. The van der Waals surface area contributed by atoms with Crippen LogP contribution in [0, 0.1) is 7.14 Å². The summed E-state index contributed by atoms with van der Waals surface area (Å²) >= 11 is 4.06. The fourth-order valence-corrected chi connectivity index (χ4v) is 1.73. The topological polar surface area (TPSA) is 46.5 Å². The number of carbonyl (C=O) groups is 1. The highest BCUT2D eigenvalue weighted by Crippen LogP contribution is 2.26. The van der Waals surface area contributed by atoms with Gasteiger partial charge in [-0.3, -0.25) is 0 Å². The Hall–Kier alpha value is -0.0500. The molecule has 0 aromatic heterocycles. The Morgan fingerprint density at radius 1 is 1.46 bits per heavy atom. The van der Waals surface area contributed by atoms with Gasteiger partial charge in [-0.1, -0.05) is 0 Å². The molecule has 0 bridgehead atoms. The van der Waals surface area contributed by atoms with Gasteiger partial charge in [-0.05, 0) is 57.3 Å². The molecule has 0 aliphatic heterocycles. The lowest BCUT2D eigenvalue weighted by atomic mass is 10.2. The molecule has 0 saturated carbocycles. The Labute approximate surface area is 103 Å². The molecule has 0 radical (unpaired) electrons. The van der Waals surface area contributed by atoms with Crippen molar-refractivity contribution in [3.8, 4) is 5.75 Å². The highest BCUT2D eigenvalue weighted by molar-refractivity contribution is 14.1. The molecule has 0 saturated heterocycles. The van der Waals surface area contributed by atoms with E-state index in [0.29, 0.717) is 5.56 Å². The lowest BCUT2D eigenvalue weighted by Gasteiger charge is -2.03. The number of methoxy groups -OCH3 is 1. The highest BCUT2D eigenvalue weighted by Gasteiger charge is 2.11. The molecule has 0 amide bonds. The number of ether oxygens (including phenoxy) is 1. The van der Waals surface area contributed by atoms with Crippen LogP contribution in [0.25, 0.3) is 0 Å². The number of esters is 1. The van der Waals surface area contributed by atoms with Crippen LogP contribution < -0.4 is 0 Å². The predicted molar refractivity (Wildman–Crippen MR) is 64.9 cm³/mol. The average molecular weight is 404 g/mol. The van der Waals surface area contributed by atoms with Gasteiger partial charge in [0.1, 0.15) is 5.75 Å². The minimum atomic E-state index is -0.440. The molecule has 0 unspecified atom stereocenters. The minimum Gasteiger partial charge on any atom is -0.507 e. The summed E-state index contributed by atoms with van der Waals surface area (Å²) in [6.45, 7) is 0. The van der Waals surface area contributed by atoms with Crippen molar-refractivity contribution in [3.05, 3.63) is 24.8 Å². The number of benzene rings is 1. The van der Waals surface area contributed by atoms with Crippen molar-refractivity contribution in [2.45, 2.75) is 0 Å². The van der Waals surface area contributed by atoms with Crippen molar-refractivity contribution >= 4 is 51.2 Å². The number of halogens is 2. The molecular weight excluding hydrogens is 398 g/mol. The summed E-state index contributed by atoms with van der Waals surface area (Å²) in [5, 5.41) is 9.41. The largest absolute Gasteiger partial charge is 0.507 e. The normalized spacial score (nSPS) is 9.77. The van der Waals surface area contributed by atoms with Crippen LogP contribution in [0.1, 0.15) is 10.4 Å². The Balaban J connectivity index is 3.20. The summed E-state index contributed by atoms with van der Waals surface area (Å²) < 4.78 is 6.10. The summed E-state index contributed by atoms with van der Waals surface area (Å²) in [7, 11) is 1.31. The van der Waals surface area contributed by atoms with Crippen LogP contribution in [0.5, 0.6) is 5.75 Å². The van der Waals surface area contributed by atoms with Crippen molar-refractivity contribution in [2.24, 2.45) is 0 Å². The van der Waals surface area contributed by atoms with E-state index in [4.69, 9.17) is 0 Å². The lowest BCUT2D eigenvalue weighted by Crippen LogP contribution is -2.01. The van der Waals surface area contributed by atoms with Gasteiger partial charge in [0.25, 0.3) is 0 Å². The molecule has 0 aliphatic rings. The maximum Gasteiger partial charge on any atom is 0.338 e. The van der Waals surface area contributed by atoms with Gasteiger partial charge in [0.05, 0.1) is 16.2 Å². The first-order chi connectivity index (χ1) is 6.06. The lowest BCUT2D eigenvalue weighted by molar-refractivity contribution is 0.0600. The third-order valence-electron chi connectivity index (χ3n) is 1.43. The molecule has 13 heavy (non-hydrogen) atoms. The molecule has 1 aromatic carbocycles. The average Bonchev–Trinajstić information content (AvgIpc) is 2.12. The van der Waals surface area contributed by atoms with Gasteiger partial charge in [-0.2, -0.15) is 0 Å². The third kappa shape index (κ3) is 2.46.